The van der Waals surface area contributed by atoms with E-state index < -0.39 is 0 Å². The zero-order chi connectivity index (χ0) is 26.4. The quantitative estimate of drug-likeness (QED) is 0.153. The van der Waals surface area contributed by atoms with Crippen molar-refractivity contribution in [1.82, 2.24) is 0 Å². The molecule has 39 heavy (non-hydrogen) atoms. The summed E-state index contributed by atoms with van der Waals surface area (Å²) in [6, 6.07) is 36.8. The van der Waals surface area contributed by atoms with E-state index >= 15 is 0 Å². The number of thiazole rings is 1. The van der Waals surface area contributed by atoms with Crippen molar-refractivity contribution in [3.63, 3.8) is 0 Å². The number of benzene rings is 4. The summed E-state index contributed by atoms with van der Waals surface area (Å²) in [6.45, 7) is 3.85. The molecule has 6 rings (SSSR count). The van der Waals surface area contributed by atoms with Gasteiger partial charge in [0, 0.05) is 41.7 Å². The van der Waals surface area contributed by atoms with Crippen molar-refractivity contribution in [1.29, 1.82) is 0 Å². The molecule has 0 amide bonds. The van der Waals surface area contributed by atoms with Crippen molar-refractivity contribution in [3.8, 4) is 0 Å². The Bertz CT molecular complexity index is 1700. The van der Waals surface area contributed by atoms with Gasteiger partial charge in [0.25, 0.3) is 5.01 Å². The van der Waals surface area contributed by atoms with E-state index in [1.54, 1.807) is 0 Å². The summed E-state index contributed by atoms with van der Waals surface area (Å²) in [4.78, 5) is 2.33. The fourth-order valence-electron chi connectivity index (χ4n) is 4.95. The summed E-state index contributed by atoms with van der Waals surface area (Å²) in [5.74, 6) is 0. The lowest BCUT2D eigenvalue weighted by Gasteiger charge is -2.27. The smallest absolute Gasteiger partial charge is 0.263 e. The number of aromatic nitrogens is 1. The Kier molecular flexibility index (Phi) is 7.33. The van der Waals surface area contributed by atoms with Crippen LogP contribution in [0.1, 0.15) is 27.3 Å². The maximum absolute atomic E-state index is 2.40. The predicted octanol–water partition coefficient (Wildman–Crippen LogP) is 8.73. The zero-order valence-corrected chi connectivity index (χ0v) is 22.9. The number of hydrogen-bond acceptors (Lipinski definition) is 2. The third-order valence-corrected chi connectivity index (χ3v) is 8.12. The van der Waals surface area contributed by atoms with E-state index in [0.29, 0.717) is 0 Å². The fraction of sp³-hybridized carbons (Fsp3) is 0.0833. The second-order valence-corrected chi connectivity index (χ2v) is 10.9. The maximum Gasteiger partial charge on any atom is 0.263 e. The van der Waals surface area contributed by atoms with Crippen LogP contribution in [0, 0.1) is 6.92 Å². The molecule has 190 valence electrons. The van der Waals surface area contributed by atoms with Gasteiger partial charge in [0.1, 0.15) is 4.70 Å². The van der Waals surface area contributed by atoms with Crippen LogP contribution < -0.4 is 9.47 Å². The second-order valence-electron chi connectivity index (χ2n) is 9.79. The van der Waals surface area contributed by atoms with Crippen molar-refractivity contribution in [2.45, 2.75) is 20.0 Å². The Morgan fingerprint density at radius 3 is 2.38 bits per heavy atom. The minimum atomic E-state index is 0.859. The van der Waals surface area contributed by atoms with Gasteiger partial charge in [-0.15, -0.1) is 0 Å². The van der Waals surface area contributed by atoms with E-state index in [4.69, 9.17) is 0 Å². The van der Waals surface area contributed by atoms with Crippen LogP contribution in [0.5, 0.6) is 0 Å². The molecular formula is C36H31N2S+. The third kappa shape index (κ3) is 5.69. The van der Waals surface area contributed by atoms with Crippen LogP contribution in [0.3, 0.4) is 0 Å². The molecule has 0 N–H and O–H groups in total. The third-order valence-electron chi connectivity index (χ3n) is 6.99. The molecule has 0 aliphatic carbocycles. The molecule has 0 atom stereocenters. The Balaban J connectivity index is 1.21. The number of hydrogen-bond donors (Lipinski definition) is 0. The van der Waals surface area contributed by atoms with Crippen LogP contribution in [0.15, 0.2) is 140 Å². The zero-order valence-electron chi connectivity index (χ0n) is 22.1. The predicted molar refractivity (Wildman–Crippen MR) is 167 cm³/mol. The number of fused-ring (bicyclic) bond motifs is 2. The Morgan fingerprint density at radius 1 is 0.744 bits per heavy atom. The Labute approximate surface area is 234 Å². The molecule has 0 radical (unpaired) electrons. The topological polar surface area (TPSA) is 7.12 Å². The van der Waals surface area contributed by atoms with Gasteiger partial charge in [0.05, 0.1) is 0 Å². The molecule has 5 aromatic rings. The molecule has 4 aromatic carbocycles. The van der Waals surface area contributed by atoms with E-state index in [-0.39, 0.29) is 0 Å². The maximum atomic E-state index is 2.40. The highest BCUT2D eigenvalue weighted by atomic mass is 32.1. The number of aryl methyl sites for hydroxylation is 1. The molecule has 0 saturated heterocycles. The normalized spacial score (nSPS) is 14.2. The molecule has 0 spiro atoms. The van der Waals surface area contributed by atoms with Gasteiger partial charge in [-0.05, 0) is 36.3 Å². The van der Waals surface area contributed by atoms with Gasteiger partial charge in [-0.2, -0.15) is 4.57 Å². The molecule has 1 aliphatic rings. The summed E-state index contributed by atoms with van der Waals surface area (Å²) >= 11 is 1.83. The van der Waals surface area contributed by atoms with E-state index in [9.17, 15) is 0 Å². The standard InChI is InChI=1S/C36H31N2S/c1-28-20-22-30(23-21-28)26-37-25-24-31(32-15-8-9-16-33(32)37)14-6-3-7-19-36-38(27-29-12-4-2-5-13-29)34-17-10-11-18-35(34)39-36/h2-25H,26-27H2,1H3/q+1. The monoisotopic (exact) mass is 523 g/mol. The van der Waals surface area contributed by atoms with Gasteiger partial charge in [0.15, 0.2) is 6.54 Å². The molecule has 3 heteroatoms. The molecule has 2 nitrogen and oxygen atoms in total. The lowest BCUT2D eigenvalue weighted by molar-refractivity contribution is -0.659. The summed E-state index contributed by atoms with van der Waals surface area (Å²) < 4.78 is 3.71. The lowest BCUT2D eigenvalue weighted by Crippen LogP contribution is -2.35. The van der Waals surface area contributed by atoms with Crippen LogP contribution in [0.4, 0.5) is 5.69 Å². The Morgan fingerprint density at radius 2 is 1.51 bits per heavy atom. The molecular weight excluding hydrogens is 492 g/mol. The molecule has 0 fully saturated rings. The van der Waals surface area contributed by atoms with Gasteiger partial charge < -0.3 is 4.90 Å². The minimum Gasteiger partial charge on any atom is -0.343 e. The average molecular weight is 524 g/mol. The SMILES string of the molecule is Cc1ccc(CN2C=C\C(=C/C=C/C=C/c3sc4ccccc4[n+]3Cc3ccccc3)c3ccccc32)cc1. The molecule has 0 unspecified atom stereocenters. The molecule has 2 heterocycles. The minimum absolute atomic E-state index is 0.859. The van der Waals surface area contributed by atoms with Crippen LogP contribution in [-0.2, 0) is 13.1 Å². The van der Waals surface area contributed by atoms with Crippen LogP contribution in [0.25, 0.3) is 21.9 Å². The molecule has 1 aromatic heterocycles. The first-order valence-electron chi connectivity index (χ1n) is 13.3. The van der Waals surface area contributed by atoms with Crippen molar-refractivity contribution in [3.05, 3.63) is 167 Å². The van der Waals surface area contributed by atoms with Crippen molar-refractivity contribution >= 4 is 38.9 Å². The molecule has 1 aliphatic heterocycles. The number of nitrogens with zero attached hydrogens (tertiary/aromatic N) is 2. The Hall–Kier alpha value is -4.47. The fourth-order valence-corrected chi connectivity index (χ4v) is 6.02. The highest BCUT2D eigenvalue weighted by molar-refractivity contribution is 7.18. The molecule has 0 bridgehead atoms. The van der Waals surface area contributed by atoms with Gasteiger partial charge in [0.2, 0.25) is 5.52 Å². The number of rotatable bonds is 7. The van der Waals surface area contributed by atoms with E-state index in [0.717, 1.165) is 13.1 Å². The van der Waals surface area contributed by atoms with Gasteiger partial charge in [-0.25, -0.2) is 0 Å². The van der Waals surface area contributed by atoms with Crippen molar-refractivity contribution in [2.75, 3.05) is 4.90 Å². The second kappa shape index (κ2) is 11.5. The first kappa shape index (κ1) is 24.8. The summed E-state index contributed by atoms with van der Waals surface area (Å²) in [5, 5.41) is 1.24. The summed E-state index contributed by atoms with van der Waals surface area (Å²) in [5.41, 5.74) is 8.89. The summed E-state index contributed by atoms with van der Waals surface area (Å²) in [6.07, 6.45) is 15.2. The van der Waals surface area contributed by atoms with Crippen molar-refractivity contribution in [2.24, 2.45) is 0 Å². The summed E-state index contributed by atoms with van der Waals surface area (Å²) in [7, 11) is 0. The van der Waals surface area contributed by atoms with E-state index in [2.05, 4.69) is 162 Å². The largest absolute Gasteiger partial charge is 0.343 e. The first-order chi connectivity index (χ1) is 19.2. The van der Waals surface area contributed by atoms with E-state index in [1.807, 2.05) is 11.3 Å². The highest BCUT2D eigenvalue weighted by Gasteiger charge is 2.18. The number of allylic oxidation sites excluding steroid dienone is 6. The lowest BCUT2D eigenvalue weighted by atomic mass is 9.99. The highest BCUT2D eigenvalue weighted by Crippen LogP contribution is 2.33. The van der Waals surface area contributed by atoms with Crippen LogP contribution in [-0.4, -0.2) is 0 Å². The van der Waals surface area contributed by atoms with Crippen LogP contribution >= 0.6 is 11.3 Å². The van der Waals surface area contributed by atoms with Crippen LogP contribution in [0.2, 0.25) is 0 Å². The average Bonchev–Trinajstić information content (AvgIpc) is 3.32. The van der Waals surface area contributed by atoms with E-state index in [1.165, 1.54) is 48.7 Å². The molecule has 0 saturated carbocycles. The number of para-hydroxylation sites is 2. The number of anilines is 1. The first-order valence-corrected chi connectivity index (χ1v) is 14.2. The van der Waals surface area contributed by atoms with Gasteiger partial charge in [-0.3, -0.25) is 0 Å². The van der Waals surface area contributed by atoms with Crippen molar-refractivity contribution < 1.29 is 4.57 Å². The van der Waals surface area contributed by atoms with Gasteiger partial charge >= 0.3 is 0 Å². The van der Waals surface area contributed by atoms with Gasteiger partial charge in [-0.1, -0.05) is 126 Å².